The number of para-hydroxylation sites is 1. The van der Waals surface area contributed by atoms with Gasteiger partial charge in [-0.15, -0.1) is 0 Å². The van der Waals surface area contributed by atoms with Crippen LogP contribution in [-0.2, 0) is 4.79 Å². The predicted molar refractivity (Wildman–Crippen MR) is 62.5 cm³/mol. The second-order valence-electron chi connectivity index (χ2n) is 4.40. The van der Waals surface area contributed by atoms with Crippen LogP contribution >= 0.6 is 0 Å². The van der Waals surface area contributed by atoms with E-state index in [1.54, 1.807) is 35.2 Å². The summed E-state index contributed by atoms with van der Waals surface area (Å²) >= 11 is 0. The Balaban J connectivity index is 2.24. The lowest BCUT2D eigenvalue weighted by atomic mass is 9.97. The summed E-state index contributed by atoms with van der Waals surface area (Å²) in [4.78, 5) is 13.0. The van der Waals surface area contributed by atoms with Crippen molar-refractivity contribution in [2.24, 2.45) is 0 Å². The quantitative estimate of drug-likeness (QED) is 0.811. The molecule has 0 bridgehead atoms. The first-order valence-corrected chi connectivity index (χ1v) is 5.93. The highest BCUT2D eigenvalue weighted by Crippen LogP contribution is 2.29. The molecule has 5 heteroatoms. The zero-order valence-corrected chi connectivity index (χ0v) is 9.78. The van der Waals surface area contributed by atoms with Crippen molar-refractivity contribution < 1.29 is 18.0 Å². The summed E-state index contributed by atoms with van der Waals surface area (Å²) in [6.45, 7) is 0.497. The molecule has 1 unspecified atom stereocenters. The van der Waals surface area contributed by atoms with Gasteiger partial charge in [0.25, 0.3) is 5.78 Å². The fourth-order valence-electron chi connectivity index (χ4n) is 2.32. The minimum absolute atomic E-state index is 0.271. The third-order valence-electron chi connectivity index (χ3n) is 3.17. The van der Waals surface area contributed by atoms with E-state index in [0.717, 1.165) is 6.42 Å². The van der Waals surface area contributed by atoms with Crippen LogP contribution < -0.4 is 4.90 Å². The monoisotopic (exact) mass is 257 g/mol. The number of benzene rings is 1. The number of alkyl halides is 3. The number of halogens is 3. The highest BCUT2D eigenvalue weighted by molar-refractivity contribution is 5.92. The van der Waals surface area contributed by atoms with Crippen LogP contribution in [0.4, 0.5) is 18.9 Å². The van der Waals surface area contributed by atoms with E-state index >= 15 is 0 Å². The van der Waals surface area contributed by atoms with Crippen molar-refractivity contribution in [3.63, 3.8) is 0 Å². The number of piperidine rings is 1. The van der Waals surface area contributed by atoms with Crippen molar-refractivity contribution >= 4 is 11.5 Å². The first-order valence-electron chi connectivity index (χ1n) is 5.93. The maximum absolute atomic E-state index is 12.5. The number of anilines is 1. The molecule has 18 heavy (non-hydrogen) atoms. The van der Waals surface area contributed by atoms with Crippen molar-refractivity contribution in [1.29, 1.82) is 0 Å². The molecule has 0 spiro atoms. The molecule has 0 saturated carbocycles. The highest BCUT2D eigenvalue weighted by atomic mass is 19.4. The molecule has 0 radical (unpaired) electrons. The van der Waals surface area contributed by atoms with Crippen molar-refractivity contribution in [1.82, 2.24) is 0 Å². The fraction of sp³-hybridized carbons (Fsp3) is 0.462. The van der Waals surface area contributed by atoms with Gasteiger partial charge in [0.1, 0.15) is 0 Å². The summed E-state index contributed by atoms with van der Waals surface area (Å²) in [5.41, 5.74) is 0.680. The van der Waals surface area contributed by atoms with E-state index in [9.17, 15) is 18.0 Å². The fourth-order valence-corrected chi connectivity index (χ4v) is 2.32. The Hall–Kier alpha value is -1.52. The summed E-state index contributed by atoms with van der Waals surface area (Å²) in [6.07, 6.45) is -3.01. The summed E-state index contributed by atoms with van der Waals surface area (Å²) in [6, 6.07) is 7.73. The lowest BCUT2D eigenvalue weighted by molar-refractivity contribution is -0.173. The SMILES string of the molecule is O=C(C1CCCCN1c1ccccc1)C(F)(F)F. The third kappa shape index (κ3) is 2.66. The van der Waals surface area contributed by atoms with Crippen LogP contribution in [0.2, 0.25) is 0 Å². The van der Waals surface area contributed by atoms with E-state index in [1.807, 2.05) is 0 Å². The molecule has 1 aromatic rings. The van der Waals surface area contributed by atoms with Gasteiger partial charge in [0.05, 0.1) is 6.04 Å². The molecule has 1 fully saturated rings. The Morgan fingerprint density at radius 1 is 1.17 bits per heavy atom. The molecule has 2 rings (SSSR count). The van der Waals surface area contributed by atoms with Gasteiger partial charge in [-0.3, -0.25) is 4.79 Å². The van der Waals surface area contributed by atoms with Gasteiger partial charge >= 0.3 is 6.18 Å². The summed E-state index contributed by atoms with van der Waals surface area (Å²) in [5.74, 6) is -1.63. The van der Waals surface area contributed by atoms with Crippen molar-refractivity contribution in [2.45, 2.75) is 31.5 Å². The predicted octanol–water partition coefficient (Wildman–Crippen LogP) is 3.18. The summed E-state index contributed by atoms with van der Waals surface area (Å²) in [5, 5.41) is 0. The Morgan fingerprint density at radius 3 is 2.44 bits per heavy atom. The van der Waals surface area contributed by atoms with E-state index in [4.69, 9.17) is 0 Å². The van der Waals surface area contributed by atoms with Crippen LogP contribution in [-0.4, -0.2) is 24.5 Å². The van der Waals surface area contributed by atoms with Crippen LogP contribution in [0.3, 0.4) is 0 Å². The standard InChI is InChI=1S/C13H14F3NO/c14-13(15,16)12(18)11-8-4-5-9-17(11)10-6-2-1-3-7-10/h1-3,6-7,11H,4-5,8-9H2. The molecule has 0 N–H and O–H groups in total. The maximum Gasteiger partial charge on any atom is 0.452 e. The van der Waals surface area contributed by atoms with Crippen LogP contribution in [0, 0.1) is 0 Å². The number of nitrogens with zero attached hydrogens (tertiary/aromatic N) is 1. The van der Waals surface area contributed by atoms with Gasteiger partial charge in [-0.2, -0.15) is 13.2 Å². The van der Waals surface area contributed by atoms with E-state index < -0.39 is 18.0 Å². The van der Waals surface area contributed by atoms with Crippen molar-refractivity contribution in [2.75, 3.05) is 11.4 Å². The number of hydrogen-bond acceptors (Lipinski definition) is 2. The van der Waals surface area contributed by atoms with Gasteiger partial charge in [-0.1, -0.05) is 18.2 Å². The summed E-state index contributed by atoms with van der Waals surface area (Å²) in [7, 11) is 0. The zero-order valence-electron chi connectivity index (χ0n) is 9.78. The lowest BCUT2D eigenvalue weighted by Crippen LogP contribution is -2.49. The number of carbonyl (C=O) groups is 1. The summed E-state index contributed by atoms with van der Waals surface area (Å²) < 4.78 is 37.6. The van der Waals surface area contributed by atoms with Gasteiger partial charge in [-0.05, 0) is 31.4 Å². The average molecular weight is 257 g/mol. The molecule has 98 valence electrons. The topological polar surface area (TPSA) is 20.3 Å². The minimum Gasteiger partial charge on any atom is -0.361 e. The smallest absolute Gasteiger partial charge is 0.361 e. The van der Waals surface area contributed by atoms with Gasteiger partial charge in [-0.25, -0.2) is 0 Å². The molecule has 0 aromatic heterocycles. The van der Waals surface area contributed by atoms with Gasteiger partial charge < -0.3 is 4.90 Å². The maximum atomic E-state index is 12.5. The molecule has 1 atom stereocenters. The second kappa shape index (κ2) is 5.00. The number of rotatable bonds is 2. The van der Waals surface area contributed by atoms with E-state index in [2.05, 4.69) is 0 Å². The molecule has 2 nitrogen and oxygen atoms in total. The van der Waals surface area contributed by atoms with E-state index in [-0.39, 0.29) is 6.42 Å². The number of Topliss-reactive ketones (excluding diaryl/α,β-unsaturated/α-hetero) is 1. The Kier molecular flexibility index (Phi) is 3.59. The van der Waals surface area contributed by atoms with Crippen LogP contribution in [0.5, 0.6) is 0 Å². The highest BCUT2D eigenvalue weighted by Gasteiger charge is 2.46. The van der Waals surface area contributed by atoms with Gasteiger partial charge in [0.2, 0.25) is 0 Å². The Morgan fingerprint density at radius 2 is 1.83 bits per heavy atom. The normalized spacial score (nSPS) is 20.8. The number of ketones is 1. The minimum atomic E-state index is -4.75. The van der Waals surface area contributed by atoms with Crippen LogP contribution in [0.15, 0.2) is 30.3 Å². The molecule has 1 saturated heterocycles. The molecule has 1 aliphatic rings. The average Bonchev–Trinajstić information content (AvgIpc) is 2.38. The largest absolute Gasteiger partial charge is 0.452 e. The molecule has 1 aliphatic heterocycles. The first-order chi connectivity index (χ1) is 8.50. The Bertz CT molecular complexity index is 416. The van der Waals surface area contributed by atoms with E-state index in [1.165, 1.54) is 0 Å². The molecule has 1 aromatic carbocycles. The van der Waals surface area contributed by atoms with Gasteiger partial charge in [0.15, 0.2) is 0 Å². The number of hydrogen-bond donors (Lipinski definition) is 0. The lowest BCUT2D eigenvalue weighted by Gasteiger charge is -2.36. The second-order valence-corrected chi connectivity index (χ2v) is 4.40. The molecular formula is C13H14F3NO. The molecule has 0 aliphatic carbocycles. The number of carbonyl (C=O) groups excluding carboxylic acids is 1. The van der Waals surface area contributed by atoms with E-state index in [0.29, 0.717) is 18.7 Å². The molecular weight excluding hydrogens is 243 g/mol. The van der Waals surface area contributed by atoms with Crippen molar-refractivity contribution in [3.8, 4) is 0 Å². The zero-order chi connectivity index (χ0) is 13.2. The molecule has 1 heterocycles. The van der Waals surface area contributed by atoms with Crippen LogP contribution in [0.25, 0.3) is 0 Å². The Labute approximate surface area is 103 Å². The van der Waals surface area contributed by atoms with Crippen LogP contribution in [0.1, 0.15) is 19.3 Å². The van der Waals surface area contributed by atoms with Gasteiger partial charge in [0, 0.05) is 12.2 Å². The van der Waals surface area contributed by atoms with Crippen molar-refractivity contribution in [3.05, 3.63) is 30.3 Å². The third-order valence-corrected chi connectivity index (χ3v) is 3.17. The first kappa shape index (κ1) is 12.9. The molecule has 0 amide bonds.